The quantitative estimate of drug-likeness (QED) is 0.611. The largest absolute Gasteiger partial charge is 0.477 e. The fraction of sp³-hybridized carbons (Fsp3) is 0.261. The zero-order valence-electron chi connectivity index (χ0n) is 17.4. The van der Waals surface area contributed by atoms with Crippen LogP contribution in [0, 0.1) is 23.4 Å². The van der Waals surface area contributed by atoms with E-state index < -0.39 is 46.9 Å². The average Bonchev–Trinajstić information content (AvgIpc) is 2.77. The Labute approximate surface area is 185 Å². The van der Waals surface area contributed by atoms with Crippen molar-refractivity contribution in [3.63, 3.8) is 0 Å². The number of fused-ring (bicyclic) bond motifs is 1. The predicted molar refractivity (Wildman–Crippen MR) is 115 cm³/mol. The summed E-state index contributed by atoms with van der Waals surface area (Å²) < 4.78 is 44.8. The van der Waals surface area contributed by atoms with E-state index in [1.165, 1.54) is 16.7 Å². The fourth-order valence-electron chi connectivity index (χ4n) is 4.18. The molecule has 0 bridgehead atoms. The third kappa shape index (κ3) is 4.15. The summed E-state index contributed by atoms with van der Waals surface area (Å²) in [7, 11) is 0. The van der Waals surface area contributed by atoms with Crippen LogP contribution in [0.25, 0.3) is 10.9 Å². The molecule has 1 amide bonds. The number of hydrogen-bond acceptors (Lipinski definition) is 4. The molecule has 33 heavy (non-hydrogen) atoms. The number of aromatic nitrogens is 1. The van der Waals surface area contributed by atoms with Gasteiger partial charge >= 0.3 is 5.97 Å². The monoisotopic (exact) mass is 459 g/mol. The lowest BCUT2D eigenvalue weighted by atomic mass is 9.95. The first-order valence-electron chi connectivity index (χ1n) is 10.2. The molecule has 3 aromatic rings. The van der Waals surface area contributed by atoms with Gasteiger partial charge in [-0.05, 0) is 37.1 Å². The summed E-state index contributed by atoms with van der Waals surface area (Å²) in [6.07, 6.45) is 1.86. The van der Waals surface area contributed by atoms with Gasteiger partial charge in [-0.3, -0.25) is 9.59 Å². The van der Waals surface area contributed by atoms with Crippen LogP contribution in [0.15, 0.2) is 41.3 Å². The summed E-state index contributed by atoms with van der Waals surface area (Å²) in [5, 5.41) is 9.20. The van der Waals surface area contributed by atoms with Gasteiger partial charge in [0.25, 0.3) is 0 Å². The van der Waals surface area contributed by atoms with E-state index >= 15 is 4.39 Å². The van der Waals surface area contributed by atoms with E-state index in [0.717, 1.165) is 24.4 Å². The minimum Gasteiger partial charge on any atom is -0.477 e. The molecule has 1 fully saturated rings. The van der Waals surface area contributed by atoms with Gasteiger partial charge in [0.05, 0.1) is 17.7 Å². The Morgan fingerprint density at radius 1 is 1.06 bits per heavy atom. The van der Waals surface area contributed by atoms with Crippen LogP contribution in [0.5, 0.6) is 0 Å². The molecule has 1 saturated heterocycles. The van der Waals surface area contributed by atoms with Gasteiger partial charge in [-0.1, -0.05) is 6.07 Å². The van der Waals surface area contributed by atoms with Crippen molar-refractivity contribution in [2.45, 2.75) is 19.4 Å². The first kappa shape index (κ1) is 22.4. The van der Waals surface area contributed by atoms with Gasteiger partial charge in [0.2, 0.25) is 11.3 Å². The van der Waals surface area contributed by atoms with E-state index in [1.54, 1.807) is 4.90 Å². The number of nitrogens with zero attached hydrogens (tertiary/aromatic N) is 2. The van der Waals surface area contributed by atoms with Gasteiger partial charge in [-0.25, -0.2) is 18.0 Å². The van der Waals surface area contributed by atoms with E-state index in [-0.39, 0.29) is 28.1 Å². The highest BCUT2D eigenvalue weighted by atomic mass is 19.1. The highest BCUT2D eigenvalue weighted by molar-refractivity contribution is 5.93. The molecule has 0 unspecified atom stereocenters. The summed E-state index contributed by atoms with van der Waals surface area (Å²) in [6.45, 7) is 0.273. The Bertz CT molecular complexity index is 1310. The van der Waals surface area contributed by atoms with Crippen LogP contribution in [-0.4, -0.2) is 34.6 Å². The van der Waals surface area contributed by atoms with Crippen LogP contribution >= 0.6 is 0 Å². The molecule has 7 nitrogen and oxygen atoms in total. The van der Waals surface area contributed by atoms with E-state index in [9.17, 15) is 28.3 Å². The van der Waals surface area contributed by atoms with E-state index in [0.29, 0.717) is 25.9 Å². The lowest BCUT2D eigenvalue weighted by Crippen LogP contribution is -2.39. The van der Waals surface area contributed by atoms with Gasteiger partial charge in [-0.15, -0.1) is 0 Å². The highest BCUT2D eigenvalue weighted by Gasteiger charge is 2.26. The van der Waals surface area contributed by atoms with Crippen molar-refractivity contribution in [1.29, 1.82) is 0 Å². The van der Waals surface area contributed by atoms with Crippen molar-refractivity contribution in [3.05, 3.63) is 75.3 Å². The van der Waals surface area contributed by atoms with Crippen LogP contribution in [0.2, 0.25) is 0 Å². The molecular weight excluding hydrogens is 439 g/mol. The third-order valence-corrected chi connectivity index (χ3v) is 6.01. The maximum atomic E-state index is 15.0. The number of carbonyl (C=O) groups excluding carboxylic acids is 1. The maximum absolute atomic E-state index is 15.0. The molecule has 172 valence electrons. The first-order chi connectivity index (χ1) is 15.7. The first-order valence-corrected chi connectivity index (χ1v) is 10.2. The number of nitrogens with two attached hydrogens (primary N) is 1. The molecule has 1 aliphatic rings. The van der Waals surface area contributed by atoms with Crippen LogP contribution < -0.4 is 16.1 Å². The Morgan fingerprint density at radius 3 is 2.27 bits per heavy atom. The molecule has 10 heteroatoms. The second-order valence-electron chi connectivity index (χ2n) is 7.99. The second kappa shape index (κ2) is 8.61. The fourth-order valence-corrected chi connectivity index (χ4v) is 4.18. The van der Waals surface area contributed by atoms with Gasteiger partial charge in [-0.2, -0.15) is 0 Å². The summed E-state index contributed by atoms with van der Waals surface area (Å²) in [6, 6.07) is 5.63. The van der Waals surface area contributed by atoms with Crippen LogP contribution in [-0.2, 0) is 11.3 Å². The average molecular weight is 459 g/mol. The Hall–Kier alpha value is -3.82. The van der Waals surface area contributed by atoms with Crippen LogP contribution in [0.4, 0.5) is 18.9 Å². The maximum Gasteiger partial charge on any atom is 0.341 e. The molecule has 0 spiro atoms. The van der Waals surface area contributed by atoms with Crippen molar-refractivity contribution in [1.82, 2.24) is 4.57 Å². The molecule has 4 rings (SSSR count). The van der Waals surface area contributed by atoms with Gasteiger partial charge in [0, 0.05) is 36.2 Å². The van der Waals surface area contributed by atoms with Crippen molar-refractivity contribution >= 4 is 28.5 Å². The summed E-state index contributed by atoms with van der Waals surface area (Å²) >= 11 is 0. The lowest BCUT2D eigenvalue weighted by molar-refractivity contribution is -0.122. The third-order valence-electron chi connectivity index (χ3n) is 6.01. The second-order valence-corrected chi connectivity index (χ2v) is 7.99. The molecule has 0 radical (unpaired) electrons. The van der Waals surface area contributed by atoms with Crippen LogP contribution in [0.3, 0.4) is 0 Å². The van der Waals surface area contributed by atoms with Crippen molar-refractivity contribution in [2.75, 3.05) is 18.0 Å². The molecule has 1 aliphatic heterocycles. The number of amides is 1. The topological polar surface area (TPSA) is 106 Å². The Kier molecular flexibility index (Phi) is 5.84. The number of halogens is 3. The number of pyridine rings is 1. The van der Waals surface area contributed by atoms with Crippen LogP contribution in [0.1, 0.15) is 28.8 Å². The Balaban J connectivity index is 1.86. The SMILES string of the molecule is NC(=O)C1CCN(c2cc3c(cc2F)c(=O)c(C(=O)O)cn3Cc2c(F)cccc2F)CC1. The zero-order valence-corrected chi connectivity index (χ0v) is 17.4. The molecule has 0 atom stereocenters. The van der Waals surface area contributed by atoms with E-state index in [2.05, 4.69) is 0 Å². The number of rotatable bonds is 5. The zero-order chi connectivity index (χ0) is 23.9. The number of carboxylic acid groups (broad SMARTS) is 1. The smallest absolute Gasteiger partial charge is 0.341 e. The number of carboxylic acids is 1. The number of benzene rings is 2. The molecule has 1 aromatic heterocycles. The minimum atomic E-state index is -1.54. The van der Waals surface area contributed by atoms with Gasteiger partial charge in [0.15, 0.2) is 0 Å². The van der Waals surface area contributed by atoms with Gasteiger partial charge < -0.3 is 20.3 Å². The number of aromatic carboxylic acids is 1. The standard InChI is InChI=1S/C23H20F3N3O4/c24-16-2-1-3-17(25)14(16)10-29-11-15(23(32)33)21(30)13-8-18(26)20(9-19(13)29)28-6-4-12(5-7-28)22(27)31/h1-3,8-9,11-12H,4-7,10H2,(H2,27,31)(H,32,33). The normalized spacial score (nSPS) is 14.6. The molecule has 0 aliphatic carbocycles. The molecule has 3 N–H and O–H groups in total. The molecule has 0 saturated carbocycles. The molecular formula is C23H20F3N3O4. The number of carbonyl (C=O) groups is 2. The summed E-state index contributed by atoms with van der Waals surface area (Å²) in [5.74, 6) is -4.70. The number of primary amides is 1. The van der Waals surface area contributed by atoms with Crippen molar-refractivity contribution in [2.24, 2.45) is 11.7 Å². The number of anilines is 1. The lowest BCUT2D eigenvalue weighted by Gasteiger charge is -2.32. The highest BCUT2D eigenvalue weighted by Crippen LogP contribution is 2.29. The number of hydrogen-bond donors (Lipinski definition) is 2. The van der Waals surface area contributed by atoms with Gasteiger partial charge in [0.1, 0.15) is 23.0 Å². The Morgan fingerprint density at radius 2 is 1.70 bits per heavy atom. The molecule has 2 aromatic carbocycles. The van der Waals surface area contributed by atoms with E-state index in [1.807, 2.05) is 0 Å². The molecule has 2 heterocycles. The van der Waals surface area contributed by atoms with Crippen molar-refractivity contribution < 1.29 is 27.9 Å². The van der Waals surface area contributed by atoms with E-state index in [4.69, 9.17) is 5.73 Å². The van der Waals surface area contributed by atoms with Crippen molar-refractivity contribution in [3.8, 4) is 0 Å². The minimum absolute atomic E-state index is 0.126. The predicted octanol–water partition coefficient (Wildman–Crippen LogP) is 2.87. The summed E-state index contributed by atoms with van der Waals surface area (Å²) in [5.41, 5.74) is 3.74. The summed E-state index contributed by atoms with van der Waals surface area (Å²) in [4.78, 5) is 37.4. The number of piperidine rings is 1.